The molecule has 0 aliphatic carbocycles. The summed E-state index contributed by atoms with van der Waals surface area (Å²) < 4.78 is 0. The van der Waals surface area contributed by atoms with Gasteiger partial charge in [-0.1, -0.05) is 37.3 Å². The van der Waals surface area contributed by atoms with Crippen molar-refractivity contribution in [3.05, 3.63) is 35.9 Å². The van der Waals surface area contributed by atoms with Gasteiger partial charge in [-0.15, -0.1) is 0 Å². The Morgan fingerprint density at radius 3 is 2.36 bits per heavy atom. The quantitative estimate of drug-likeness (QED) is 0.747. The van der Waals surface area contributed by atoms with Crippen molar-refractivity contribution in [1.29, 1.82) is 0 Å². The standard InChI is InChI=1S/C12H19NO/c1-10(8-13-9-11(2)14)12-6-4-3-5-7-12/h3-7,10-11,13-14H,8-9H2,1-2H3/t10-,11+/m1/s1. The first-order chi connectivity index (χ1) is 6.70. The molecule has 0 saturated carbocycles. The van der Waals surface area contributed by atoms with Crippen LogP contribution in [0.25, 0.3) is 0 Å². The maximum absolute atomic E-state index is 9.07. The van der Waals surface area contributed by atoms with Crippen LogP contribution < -0.4 is 5.32 Å². The summed E-state index contributed by atoms with van der Waals surface area (Å²) in [5.41, 5.74) is 1.34. The lowest BCUT2D eigenvalue weighted by Gasteiger charge is -2.13. The molecule has 0 aliphatic rings. The van der Waals surface area contributed by atoms with E-state index >= 15 is 0 Å². The van der Waals surface area contributed by atoms with Crippen molar-refractivity contribution in [3.63, 3.8) is 0 Å². The number of benzene rings is 1. The van der Waals surface area contributed by atoms with Crippen LogP contribution in [0.4, 0.5) is 0 Å². The minimum Gasteiger partial charge on any atom is -0.392 e. The first-order valence-electron chi connectivity index (χ1n) is 5.14. The second-order valence-electron chi connectivity index (χ2n) is 3.82. The molecule has 0 bridgehead atoms. The Bertz CT molecular complexity index is 246. The van der Waals surface area contributed by atoms with Crippen LogP contribution in [0, 0.1) is 0 Å². The predicted octanol–water partition coefficient (Wildman–Crippen LogP) is 1.76. The number of hydrogen-bond acceptors (Lipinski definition) is 2. The lowest BCUT2D eigenvalue weighted by atomic mass is 10.0. The predicted molar refractivity (Wildman–Crippen MR) is 59.4 cm³/mol. The van der Waals surface area contributed by atoms with Crippen LogP contribution in [0.3, 0.4) is 0 Å². The fraction of sp³-hybridized carbons (Fsp3) is 0.500. The van der Waals surface area contributed by atoms with Crippen LogP contribution in [0.5, 0.6) is 0 Å². The summed E-state index contributed by atoms with van der Waals surface area (Å²) >= 11 is 0. The molecule has 1 aromatic carbocycles. The van der Waals surface area contributed by atoms with Gasteiger partial charge in [-0.2, -0.15) is 0 Å². The van der Waals surface area contributed by atoms with Crippen molar-refractivity contribution in [3.8, 4) is 0 Å². The molecule has 0 aliphatic heterocycles. The zero-order valence-corrected chi connectivity index (χ0v) is 8.90. The van der Waals surface area contributed by atoms with E-state index in [1.165, 1.54) is 5.56 Å². The van der Waals surface area contributed by atoms with Gasteiger partial charge in [0.15, 0.2) is 0 Å². The normalized spacial score (nSPS) is 15.1. The highest BCUT2D eigenvalue weighted by molar-refractivity contribution is 5.18. The molecule has 2 heteroatoms. The van der Waals surface area contributed by atoms with Crippen LogP contribution in [0.1, 0.15) is 25.3 Å². The number of rotatable bonds is 5. The zero-order chi connectivity index (χ0) is 10.4. The summed E-state index contributed by atoms with van der Waals surface area (Å²) in [7, 11) is 0. The number of nitrogens with one attached hydrogen (secondary N) is 1. The summed E-state index contributed by atoms with van der Waals surface area (Å²) in [6, 6.07) is 10.4. The summed E-state index contributed by atoms with van der Waals surface area (Å²) in [5, 5.41) is 12.3. The minimum absolute atomic E-state index is 0.266. The van der Waals surface area contributed by atoms with Crippen molar-refractivity contribution < 1.29 is 5.11 Å². The van der Waals surface area contributed by atoms with Gasteiger partial charge in [-0.3, -0.25) is 0 Å². The molecule has 1 aromatic rings. The molecule has 2 atom stereocenters. The van der Waals surface area contributed by atoms with Gasteiger partial charge < -0.3 is 10.4 Å². The van der Waals surface area contributed by atoms with E-state index in [1.54, 1.807) is 6.92 Å². The third kappa shape index (κ3) is 3.90. The average molecular weight is 193 g/mol. The molecule has 0 unspecified atom stereocenters. The van der Waals surface area contributed by atoms with Gasteiger partial charge in [0.05, 0.1) is 6.10 Å². The van der Waals surface area contributed by atoms with E-state index in [4.69, 9.17) is 5.11 Å². The molecule has 0 spiro atoms. The van der Waals surface area contributed by atoms with Gasteiger partial charge in [0.1, 0.15) is 0 Å². The lowest BCUT2D eigenvalue weighted by molar-refractivity contribution is 0.191. The number of aliphatic hydroxyl groups is 1. The van der Waals surface area contributed by atoms with Crippen molar-refractivity contribution in [2.75, 3.05) is 13.1 Å². The third-order valence-electron chi connectivity index (χ3n) is 2.26. The molecule has 1 rings (SSSR count). The van der Waals surface area contributed by atoms with Crippen LogP contribution in [0.2, 0.25) is 0 Å². The van der Waals surface area contributed by atoms with Crippen LogP contribution in [-0.4, -0.2) is 24.3 Å². The number of hydrogen-bond donors (Lipinski definition) is 2. The molecular weight excluding hydrogens is 174 g/mol. The van der Waals surface area contributed by atoms with Crippen molar-refractivity contribution in [1.82, 2.24) is 5.32 Å². The van der Waals surface area contributed by atoms with E-state index < -0.39 is 0 Å². The lowest BCUT2D eigenvalue weighted by Crippen LogP contribution is -2.27. The highest BCUT2D eigenvalue weighted by Gasteiger charge is 2.04. The molecule has 0 amide bonds. The summed E-state index contributed by atoms with van der Waals surface area (Å²) in [4.78, 5) is 0. The highest BCUT2D eigenvalue weighted by Crippen LogP contribution is 2.12. The van der Waals surface area contributed by atoms with Crippen molar-refractivity contribution in [2.45, 2.75) is 25.9 Å². The van der Waals surface area contributed by atoms with E-state index in [1.807, 2.05) is 6.07 Å². The maximum Gasteiger partial charge on any atom is 0.0636 e. The fourth-order valence-corrected chi connectivity index (χ4v) is 1.41. The molecule has 2 N–H and O–H groups in total. The molecule has 0 heterocycles. The van der Waals surface area contributed by atoms with E-state index in [-0.39, 0.29) is 6.10 Å². The van der Waals surface area contributed by atoms with Gasteiger partial charge in [0, 0.05) is 13.1 Å². The van der Waals surface area contributed by atoms with Crippen LogP contribution in [-0.2, 0) is 0 Å². The Morgan fingerprint density at radius 2 is 1.79 bits per heavy atom. The third-order valence-corrected chi connectivity index (χ3v) is 2.26. The van der Waals surface area contributed by atoms with E-state index in [2.05, 4.69) is 36.5 Å². The van der Waals surface area contributed by atoms with Gasteiger partial charge >= 0.3 is 0 Å². The summed E-state index contributed by atoms with van der Waals surface area (Å²) in [5.74, 6) is 0.495. The zero-order valence-electron chi connectivity index (χ0n) is 8.90. The second kappa shape index (κ2) is 5.78. The first-order valence-corrected chi connectivity index (χ1v) is 5.14. The van der Waals surface area contributed by atoms with Gasteiger partial charge in [-0.25, -0.2) is 0 Å². The highest BCUT2D eigenvalue weighted by atomic mass is 16.3. The van der Waals surface area contributed by atoms with Crippen molar-refractivity contribution >= 4 is 0 Å². The van der Waals surface area contributed by atoms with Crippen LogP contribution >= 0.6 is 0 Å². The van der Waals surface area contributed by atoms with Gasteiger partial charge in [-0.05, 0) is 18.4 Å². The molecule has 0 saturated heterocycles. The first kappa shape index (κ1) is 11.2. The topological polar surface area (TPSA) is 32.3 Å². The Hall–Kier alpha value is -0.860. The minimum atomic E-state index is -0.266. The second-order valence-corrected chi connectivity index (χ2v) is 3.82. The van der Waals surface area contributed by atoms with E-state index in [9.17, 15) is 0 Å². The smallest absolute Gasteiger partial charge is 0.0636 e. The summed E-state index contributed by atoms with van der Waals surface area (Å²) in [6.45, 7) is 5.55. The fourth-order valence-electron chi connectivity index (χ4n) is 1.41. The monoisotopic (exact) mass is 193 g/mol. The largest absolute Gasteiger partial charge is 0.392 e. The maximum atomic E-state index is 9.07. The Morgan fingerprint density at radius 1 is 1.14 bits per heavy atom. The average Bonchev–Trinajstić information content (AvgIpc) is 2.18. The summed E-state index contributed by atoms with van der Waals surface area (Å²) in [6.07, 6.45) is -0.266. The molecule has 0 aromatic heterocycles. The van der Waals surface area contributed by atoms with Crippen LogP contribution in [0.15, 0.2) is 30.3 Å². The van der Waals surface area contributed by atoms with Gasteiger partial charge in [0.25, 0.3) is 0 Å². The molecule has 0 fully saturated rings. The van der Waals surface area contributed by atoms with E-state index in [0.717, 1.165) is 6.54 Å². The Labute approximate surface area is 86.0 Å². The Balaban J connectivity index is 2.32. The van der Waals surface area contributed by atoms with Gasteiger partial charge in [0.2, 0.25) is 0 Å². The van der Waals surface area contributed by atoms with Crippen molar-refractivity contribution in [2.24, 2.45) is 0 Å². The molecule has 0 radical (unpaired) electrons. The molecule has 2 nitrogen and oxygen atoms in total. The number of aliphatic hydroxyl groups excluding tert-OH is 1. The molecular formula is C12H19NO. The Kier molecular flexibility index (Phi) is 4.63. The molecule has 78 valence electrons. The molecule has 14 heavy (non-hydrogen) atoms. The SMILES string of the molecule is C[C@H](O)CNC[C@@H](C)c1ccccc1. The van der Waals surface area contributed by atoms with E-state index in [0.29, 0.717) is 12.5 Å².